The first-order valence-corrected chi connectivity index (χ1v) is 9.10. The highest BCUT2D eigenvalue weighted by Crippen LogP contribution is 2.14. The molecule has 0 aliphatic carbocycles. The number of hydrogen-bond donors (Lipinski definition) is 2. The highest BCUT2D eigenvalue weighted by atomic mass is 16.5. The Bertz CT molecular complexity index is 524. The van der Waals surface area contributed by atoms with Crippen molar-refractivity contribution in [3.63, 3.8) is 0 Å². The first kappa shape index (κ1) is 17.4. The Balaban J connectivity index is 1.54. The van der Waals surface area contributed by atoms with E-state index in [2.05, 4.69) is 10.2 Å². The molecule has 1 aromatic rings. The van der Waals surface area contributed by atoms with Crippen LogP contribution in [0.15, 0.2) is 24.3 Å². The molecule has 2 atom stereocenters. The molecule has 0 spiro atoms. The lowest BCUT2D eigenvalue weighted by Crippen LogP contribution is -2.48. The number of aliphatic hydroxyl groups is 1. The fraction of sp³-hybridized carbons (Fsp3) is 0.632. The van der Waals surface area contributed by atoms with Gasteiger partial charge in [0.25, 0.3) is 5.91 Å². The van der Waals surface area contributed by atoms with Crippen molar-refractivity contribution in [3.05, 3.63) is 35.4 Å². The monoisotopic (exact) mass is 332 g/mol. The molecule has 1 amide bonds. The Kier molecular flexibility index (Phi) is 6.24. The van der Waals surface area contributed by atoms with Gasteiger partial charge in [-0.15, -0.1) is 0 Å². The Hall–Kier alpha value is -1.43. The first-order chi connectivity index (χ1) is 11.7. The molecule has 5 nitrogen and oxygen atoms in total. The van der Waals surface area contributed by atoms with Crippen LogP contribution in [0.2, 0.25) is 0 Å². The molecule has 3 rings (SSSR count). The van der Waals surface area contributed by atoms with Crippen molar-refractivity contribution in [3.8, 4) is 0 Å². The summed E-state index contributed by atoms with van der Waals surface area (Å²) in [6, 6.07) is 7.63. The fourth-order valence-corrected chi connectivity index (χ4v) is 3.46. The fourth-order valence-electron chi connectivity index (χ4n) is 3.46. The second kappa shape index (κ2) is 8.60. The molecule has 1 aromatic carbocycles. The molecule has 2 N–H and O–H groups in total. The van der Waals surface area contributed by atoms with Crippen LogP contribution in [-0.2, 0) is 11.3 Å². The average molecular weight is 332 g/mol. The summed E-state index contributed by atoms with van der Waals surface area (Å²) >= 11 is 0. The van der Waals surface area contributed by atoms with E-state index in [9.17, 15) is 9.90 Å². The van der Waals surface area contributed by atoms with Gasteiger partial charge in [0, 0.05) is 18.7 Å². The van der Waals surface area contributed by atoms with Crippen molar-refractivity contribution < 1.29 is 14.6 Å². The van der Waals surface area contributed by atoms with Gasteiger partial charge in [-0.25, -0.2) is 0 Å². The van der Waals surface area contributed by atoms with E-state index in [1.54, 1.807) is 0 Å². The minimum Gasteiger partial charge on any atom is -0.389 e. The SMILES string of the molecule is O=C(N[C@@H]1CCOC[C@H]1O)c1ccc(CN2CCCCCC2)cc1. The highest BCUT2D eigenvalue weighted by molar-refractivity contribution is 5.94. The lowest BCUT2D eigenvalue weighted by atomic mass is 10.0. The van der Waals surface area contributed by atoms with E-state index in [1.807, 2.05) is 24.3 Å². The summed E-state index contributed by atoms with van der Waals surface area (Å²) in [5.41, 5.74) is 1.90. The zero-order valence-electron chi connectivity index (χ0n) is 14.2. The van der Waals surface area contributed by atoms with Gasteiger partial charge in [-0.3, -0.25) is 9.69 Å². The van der Waals surface area contributed by atoms with E-state index in [-0.39, 0.29) is 11.9 Å². The topological polar surface area (TPSA) is 61.8 Å². The van der Waals surface area contributed by atoms with Crippen molar-refractivity contribution in [1.82, 2.24) is 10.2 Å². The van der Waals surface area contributed by atoms with Gasteiger partial charge in [0.1, 0.15) is 0 Å². The molecule has 5 heteroatoms. The summed E-state index contributed by atoms with van der Waals surface area (Å²) < 4.78 is 5.19. The van der Waals surface area contributed by atoms with E-state index in [0.717, 1.165) is 6.54 Å². The third-order valence-corrected chi connectivity index (χ3v) is 4.96. The van der Waals surface area contributed by atoms with Gasteiger partial charge in [-0.1, -0.05) is 25.0 Å². The highest BCUT2D eigenvalue weighted by Gasteiger charge is 2.25. The van der Waals surface area contributed by atoms with E-state index < -0.39 is 6.10 Å². The summed E-state index contributed by atoms with van der Waals surface area (Å²) in [5.74, 6) is -0.123. The molecule has 0 radical (unpaired) electrons. The van der Waals surface area contributed by atoms with Crippen LogP contribution in [0.25, 0.3) is 0 Å². The molecule has 0 aromatic heterocycles. The number of carbonyl (C=O) groups is 1. The van der Waals surface area contributed by atoms with Gasteiger partial charge in [0.15, 0.2) is 0 Å². The predicted molar refractivity (Wildman–Crippen MR) is 92.9 cm³/mol. The van der Waals surface area contributed by atoms with E-state index in [1.165, 1.54) is 44.3 Å². The van der Waals surface area contributed by atoms with Gasteiger partial charge in [0.05, 0.1) is 18.8 Å². The van der Waals surface area contributed by atoms with E-state index in [0.29, 0.717) is 25.2 Å². The molecular formula is C19H28N2O3. The number of carbonyl (C=O) groups excluding carboxylic acids is 1. The zero-order valence-corrected chi connectivity index (χ0v) is 14.2. The molecule has 24 heavy (non-hydrogen) atoms. The van der Waals surface area contributed by atoms with Gasteiger partial charge < -0.3 is 15.2 Å². The summed E-state index contributed by atoms with van der Waals surface area (Å²) in [5, 5.41) is 12.8. The van der Waals surface area contributed by atoms with Crippen molar-refractivity contribution >= 4 is 5.91 Å². The first-order valence-electron chi connectivity index (χ1n) is 9.10. The Morgan fingerprint density at radius 2 is 1.88 bits per heavy atom. The minimum absolute atomic E-state index is 0.123. The number of rotatable bonds is 4. The van der Waals surface area contributed by atoms with Crippen LogP contribution in [0, 0.1) is 0 Å². The second-order valence-corrected chi connectivity index (χ2v) is 6.90. The van der Waals surface area contributed by atoms with E-state index in [4.69, 9.17) is 4.74 Å². The number of ether oxygens (including phenoxy) is 1. The van der Waals surface area contributed by atoms with Gasteiger partial charge in [-0.2, -0.15) is 0 Å². The Morgan fingerprint density at radius 1 is 1.17 bits per heavy atom. The number of amides is 1. The summed E-state index contributed by atoms with van der Waals surface area (Å²) in [6.07, 6.45) is 5.29. The van der Waals surface area contributed by atoms with Crippen LogP contribution in [0.5, 0.6) is 0 Å². The van der Waals surface area contributed by atoms with Crippen LogP contribution in [0.1, 0.15) is 48.0 Å². The van der Waals surface area contributed by atoms with Crippen LogP contribution >= 0.6 is 0 Å². The van der Waals surface area contributed by atoms with Crippen LogP contribution < -0.4 is 5.32 Å². The smallest absolute Gasteiger partial charge is 0.251 e. The number of nitrogens with one attached hydrogen (secondary N) is 1. The average Bonchev–Trinajstić information content (AvgIpc) is 2.86. The Labute approximate surface area is 144 Å². The number of benzene rings is 1. The molecule has 132 valence electrons. The van der Waals surface area contributed by atoms with Crippen LogP contribution in [0.4, 0.5) is 0 Å². The summed E-state index contributed by atoms with van der Waals surface area (Å²) in [7, 11) is 0. The number of aliphatic hydroxyl groups excluding tert-OH is 1. The molecule has 2 heterocycles. The predicted octanol–water partition coefficient (Wildman–Crippen LogP) is 1.94. The lowest BCUT2D eigenvalue weighted by molar-refractivity contribution is -0.0260. The minimum atomic E-state index is -0.620. The summed E-state index contributed by atoms with van der Waals surface area (Å²) in [4.78, 5) is 14.8. The quantitative estimate of drug-likeness (QED) is 0.885. The van der Waals surface area contributed by atoms with E-state index >= 15 is 0 Å². The molecular weight excluding hydrogens is 304 g/mol. The van der Waals surface area contributed by atoms with Crippen LogP contribution in [0.3, 0.4) is 0 Å². The molecule has 2 aliphatic rings. The molecule has 0 bridgehead atoms. The second-order valence-electron chi connectivity index (χ2n) is 6.90. The van der Waals surface area contributed by atoms with Crippen molar-refractivity contribution in [2.75, 3.05) is 26.3 Å². The maximum Gasteiger partial charge on any atom is 0.251 e. The molecule has 0 saturated carbocycles. The number of likely N-dealkylation sites (tertiary alicyclic amines) is 1. The third-order valence-electron chi connectivity index (χ3n) is 4.96. The maximum absolute atomic E-state index is 12.3. The van der Waals surface area contributed by atoms with Crippen molar-refractivity contribution in [1.29, 1.82) is 0 Å². The van der Waals surface area contributed by atoms with Crippen molar-refractivity contribution in [2.45, 2.75) is 50.8 Å². The Morgan fingerprint density at radius 3 is 2.54 bits per heavy atom. The van der Waals surface area contributed by atoms with Gasteiger partial charge in [0.2, 0.25) is 0 Å². The van der Waals surface area contributed by atoms with Crippen LogP contribution in [-0.4, -0.2) is 54.4 Å². The zero-order chi connectivity index (χ0) is 16.8. The third kappa shape index (κ3) is 4.79. The maximum atomic E-state index is 12.3. The molecule has 2 aliphatic heterocycles. The standard InChI is InChI=1S/C19H28N2O3/c22-18-14-24-12-9-17(18)20-19(23)16-7-5-15(6-8-16)13-21-10-3-1-2-4-11-21/h5-8,17-18,22H,1-4,9-14H2,(H,20,23)/t17-,18-/m1/s1. The normalized spacial score (nSPS) is 25.9. The molecule has 2 fully saturated rings. The summed E-state index contributed by atoms with van der Waals surface area (Å²) in [6.45, 7) is 4.17. The largest absolute Gasteiger partial charge is 0.389 e. The molecule has 2 saturated heterocycles. The van der Waals surface area contributed by atoms with Gasteiger partial charge in [-0.05, 0) is 50.0 Å². The lowest BCUT2D eigenvalue weighted by Gasteiger charge is -2.28. The molecule has 0 unspecified atom stereocenters. The van der Waals surface area contributed by atoms with Crippen molar-refractivity contribution in [2.24, 2.45) is 0 Å². The van der Waals surface area contributed by atoms with Gasteiger partial charge >= 0.3 is 0 Å². The number of hydrogen-bond acceptors (Lipinski definition) is 4. The number of nitrogens with zero attached hydrogens (tertiary/aromatic N) is 1.